The normalized spacial score (nSPS) is 10.8. The van der Waals surface area contributed by atoms with Gasteiger partial charge in [0.2, 0.25) is 0 Å². The Bertz CT molecular complexity index is 402. The molecule has 0 bridgehead atoms. The number of carbonyl (C=O) groups is 4. The van der Waals surface area contributed by atoms with Crippen LogP contribution >= 0.6 is 11.6 Å². The number of hydrogen-bond acceptors (Lipinski definition) is 9. The number of aliphatic hydroxyl groups is 1. The molecule has 28 heavy (non-hydrogen) atoms. The number of alkyl halides is 1. The number of aliphatic carboxylic acids is 4. The summed E-state index contributed by atoms with van der Waals surface area (Å²) in [5.41, 5.74) is -0.630. The first kappa shape index (κ1) is 35.5. The van der Waals surface area contributed by atoms with Gasteiger partial charge in [0, 0.05) is 26.2 Å². The van der Waals surface area contributed by atoms with Crippen molar-refractivity contribution in [3.63, 3.8) is 0 Å². The summed E-state index contributed by atoms with van der Waals surface area (Å²) in [6.07, 6.45) is 1.65. The van der Waals surface area contributed by atoms with Crippen molar-refractivity contribution in [3.05, 3.63) is 0 Å². The van der Waals surface area contributed by atoms with Gasteiger partial charge in [0.15, 0.2) is 0 Å². The van der Waals surface area contributed by atoms with Crippen molar-refractivity contribution in [3.8, 4) is 0 Å². The molecule has 0 aromatic rings. The SMILES string of the molecule is CCCC(O)Cl.O=C([O-])CN(CCN(CC(=O)[O-])CC(=O)O)CC(=O)O.[Na+].[Na+]. The first-order valence-corrected chi connectivity index (χ1v) is 8.01. The van der Waals surface area contributed by atoms with E-state index < -0.39 is 55.6 Å². The molecule has 0 aliphatic heterocycles. The quantitative estimate of drug-likeness (QED) is 0.181. The van der Waals surface area contributed by atoms with Crippen LogP contribution in [0, 0.1) is 0 Å². The van der Waals surface area contributed by atoms with Gasteiger partial charge in [-0.1, -0.05) is 24.9 Å². The van der Waals surface area contributed by atoms with Crippen LogP contribution in [0.1, 0.15) is 19.8 Å². The van der Waals surface area contributed by atoms with E-state index in [-0.39, 0.29) is 72.2 Å². The van der Waals surface area contributed by atoms with E-state index >= 15 is 0 Å². The van der Waals surface area contributed by atoms with Crippen LogP contribution in [-0.4, -0.2) is 93.8 Å². The van der Waals surface area contributed by atoms with Crippen molar-refractivity contribution in [1.82, 2.24) is 9.80 Å². The second-order valence-electron chi connectivity index (χ2n) is 5.18. The molecule has 0 rings (SSSR count). The Hall–Kier alpha value is 0.0500. The Morgan fingerprint density at radius 2 is 1.18 bits per heavy atom. The summed E-state index contributed by atoms with van der Waals surface area (Å²) < 4.78 is 0. The van der Waals surface area contributed by atoms with Crippen LogP contribution in [0.4, 0.5) is 0 Å². The van der Waals surface area contributed by atoms with Crippen molar-refractivity contribution < 1.29 is 104 Å². The zero-order chi connectivity index (χ0) is 20.7. The smallest absolute Gasteiger partial charge is 0.549 e. The monoisotopic (exact) mass is 444 g/mol. The summed E-state index contributed by atoms with van der Waals surface area (Å²) in [7, 11) is 0. The molecule has 0 radical (unpaired) electrons. The van der Waals surface area contributed by atoms with Crippen LogP contribution < -0.4 is 69.3 Å². The summed E-state index contributed by atoms with van der Waals surface area (Å²) in [5, 5.41) is 46.4. The maximum atomic E-state index is 10.5. The third kappa shape index (κ3) is 28.3. The Labute approximate surface area is 212 Å². The van der Waals surface area contributed by atoms with E-state index in [2.05, 4.69) is 0 Å². The van der Waals surface area contributed by atoms with Crippen LogP contribution in [-0.2, 0) is 19.2 Å². The van der Waals surface area contributed by atoms with Crippen molar-refractivity contribution >= 4 is 35.5 Å². The van der Waals surface area contributed by atoms with E-state index in [9.17, 15) is 29.4 Å². The summed E-state index contributed by atoms with van der Waals surface area (Å²) in [4.78, 5) is 43.9. The number of carboxylic acids is 4. The van der Waals surface area contributed by atoms with Gasteiger partial charge >= 0.3 is 71.1 Å². The predicted octanol–water partition coefficient (Wildman–Crippen LogP) is -9.39. The third-order valence-corrected chi connectivity index (χ3v) is 2.90. The molecule has 11 nitrogen and oxygen atoms in total. The van der Waals surface area contributed by atoms with Gasteiger partial charge in [-0.05, 0) is 6.42 Å². The Balaban J connectivity index is -0.000000312. The van der Waals surface area contributed by atoms with Crippen molar-refractivity contribution in [2.75, 3.05) is 39.3 Å². The Kier molecular flexibility index (Phi) is 27.6. The largest absolute Gasteiger partial charge is 1.00 e. The van der Waals surface area contributed by atoms with E-state index in [1.54, 1.807) is 0 Å². The summed E-state index contributed by atoms with van der Waals surface area (Å²) in [5.74, 6) is -5.52. The number of halogens is 1. The van der Waals surface area contributed by atoms with Gasteiger partial charge in [-0.2, -0.15) is 0 Å². The van der Waals surface area contributed by atoms with Gasteiger partial charge in [0.1, 0.15) is 5.56 Å². The molecule has 0 saturated heterocycles. The molecule has 1 atom stereocenters. The van der Waals surface area contributed by atoms with Crippen molar-refractivity contribution in [2.24, 2.45) is 0 Å². The number of carboxylic acid groups (broad SMARTS) is 4. The van der Waals surface area contributed by atoms with E-state index in [0.29, 0.717) is 6.42 Å². The number of carbonyl (C=O) groups excluding carboxylic acids is 2. The van der Waals surface area contributed by atoms with Gasteiger partial charge in [-0.25, -0.2) is 0 Å². The first-order chi connectivity index (χ1) is 12.0. The van der Waals surface area contributed by atoms with Gasteiger partial charge in [-0.3, -0.25) is 19.4 Å². The third-order valence-electron chi connectivity index (χ3n) is 2.68. The van der Waals surface area contributed by atoms with Crippen molar-refractivity contribution in [2.45, 2.75) is 25.3 Å². The topological polar surface area (TPSA) is 182 Å². The minimum atomic E-state index is -1.49. The van der Waals surface area contributed by atoms with E-state index in [4.69, 9.17) is 26.9 Å². The molecular weight excluding hydrogens is 422 g/mol. The second kappa shape index (κ2) is 21.8. The first-order valence-electron chi connectivity index (χ1n) is 7.58. The summed E-state index contributed by atoms with van der Waals surface area (Å²) in [6.45, 7) is -0.773. The van der Waals surface area contributed by atoms with E-state index in [0.717, 1.165) is 16.2 Å². The fourth-order valence-electron chi connectivity index (χ4n) is 1.70. The molecule has 152 valence electrons. The van der Waals surface area contributed by atoms with Gasteiger partial charge < -0.3 is 35.1 Å². The number of nitrogens with zero attached hydrogens (tertiary/aromatic N) is 2. The zero-order valence-electron chi connectivity index (χ0n) is 16.3. The zero-order valence-corrected chi connectivity index (χ0v) is 21.1. The number of hydrogen-bond donors (Lipinski definition) is 3. The molecule has 3 N–H and O–H groups in total. The molecule has 0 aromatic heterocycles. The molecule has 14 heteroatoms. The standard InChI is InChI=1S/C10H16N2O8.C4H9ClO.2Na/c13-7(14)3-11(4-8(15)16)1-2-12(5-9(17)18)6-10(19)20;1-2-3-4(5)6;;/h1-6H2,(H,13,14)(H,15,16)(H,17,18)(H,19,20);4,6H,2-3H2,1H3;;/q;;2*+1/p-2. The van der Waals surface area contributed by atoms with Gasteiger partial charge in [-0.15, -0.1) is 0 Å². The molecule has 1 unspecified atom stereocenters. The average Bonchev–Trinajstić information content (AvgIpc) is 2.42. The summed E-state index contributed by atoms with van der Waals surface area (Å²) in [6, 6.07) is 0. The van der Waals surface area contributed by atoms with Crippen LogP contribution in [0.15, 0.2) is 0 Å². The predicted molar refractivity (Wildman–Crippen MR) is 84.9 cm³/mol. The maximum Gasteiger partial charge on any atom is 1.00 e. The molecule has 0 fully saturated rings. The van der Waals surface area contributed by atoms with Gasteiger partial charge in [0.25, 0.3) is 0 Å². The Morgan fingerprint density at radius 1 is 0.857 bits per heavy atom. The molecule has 0 amide bonds. The van der Waals surface area contributed by atoms with E-state index in [1.165, 1.54) is 0 Å². The van der Waals surface area contributed by atoms with Crippen LogP contribution in [0.25, 0.3) is 0 Å². The molecular formula is C14H23ClN2Na2O9. The number of rotatable bonds is 13. The minimum Gasteiger partial charge on any atom is -0.549 e. The minimum absolute atomic E-state index is 0. The molecule has 0 aromatic carbocycles. The molecule has 0 saturated carbocycles. The van der Waals surface area contributed by atoms with Crippen LogP contribution in [0.5, 0.6) is 0 Å². The van der Waals surface area contributed by atoms with Crippen LogP contribution in [0.3, 0.4) is 0 Å². The summed E-state index contributed by atoms with van der Waals surface area (Å²) >= 11 is 5.13. The van der Waals surface area contributed by atoms with Gasteiger partial charge in [0.05, 0.1) is 25.0 Å². The molecule has 0 aliphatic carbocycles. The second-order valence-corrected chi connectivity index (χ2v) is 5.68. The molecule has 0 heterocycles. The molecule has 0 aliphatic rings. The number of aliphatic hydroxyl groups excluding tert-OH is 1. The average molecular weight is 445 g/mol. The molecule has 0 spiro atoms. The Morgan fingerprint density at radius 3 is 1.32 bits per heavy atom. The van der Waals surface area contributed by atoms with E-state index in [1.807, 2.05) is 6.92 Å². The van der Waals surface area contributed by atoms with Crippen LogP contribution in [0.2, 0.25) is 0 Å². The maximum absolute atomic E-state index is 10.5. The fraction of sp³-hybridized carbons (Fsp3) is 0.714. The van der Waals surface area contributed by atoms with Crippen molar-refractivity contribution in [1.29, 1.82) is 0 Å². The fourth-order valence-corrected chi connectivity index (χ4v) is 1.92.